The van der Waals surface area contributed by atoms with E-state index in [1.54, 1.807) is 18.0 Å². The number of aromatic nitrogens is 1. The molecule has 7 heteroatoms. The minimum absolute atomic E-state index is 0.171. The van der Waals surface area contributed by atoms with Crippen molar-refractivity contribution >= 4 is 52.0 Å². The maximum absolute atomic E-state index is 12.2. The quantitative estimate of drug-likeness (QED) is 0.780. The van der Waals surface area contributed by atoms with Gasteiger partial charge in [0.1, 0.15) is 5.15 Å². The zero-order chi connectivity index (χ0) is 14.0. The molecule has 0 aliphatic heterocycles. The van der Waals surface area contributed by atoms with Crippen molar-refractivity contribution in [2.45, 2.75) is 6.54 Å². The van der Waals surface area contributed by atoms with E-state index in [2.05, 4.69) is 4.98 Å². The molecule has 0 fully saturated rings. The van der Waals surface area contributed by atoms with Gasteiger partial charge in [-0.25, -0.2) is 4.98 Å². The summed E-state index contributed by atoms with van der Waals surface area (Å²) in [5, 5.41) is 0.450. The summed E-state index contributed by atoms with van der Waals surface area (Å²) in [7, 11) is 1.71. The first-order valence-corrected chi connectivity index (χ1v) is 7.23. The second kappa shape index (κ2) is 6.09. The number of carbonyl (C=O) groups is 1. The standard InChI is InChI=1S/C12H9Cl3N2OS/c1-17(6-8-2-3-10(14)19-8)12(18)7-4-9(13)11(15)16-5-7/h2-5H,6H2,1H3. The fourth-order valence-electron chi connectivity index (χ4n) is 1.50. The molecule has 0 unspecified atom stereocenters. The predicted octanol–water partition coefficient (Wildman–Crippen LogP) is 4.38. The summed E-state index contributed by atoms with van der Waals surface area (Å²) in [6.07, 6.45) is 1.41. The lowest BCUT2D eigenvalue weighted by molar-refractivity contribution is 0.0786. The highest BCUT2D eigenvalue weighted by molar-refractivity contribution is 7.16. The van der Waals surface area contributed by atoms with Crippen molar-refractivity contribution in [2.24, 2.45) is 0 Å². The topological polar surface area (TPSA) is 33.2 Å². The molecule has 0 aliphatic rings. The number of hydrogen-bond donors (Lipinski definition) is 0. The van der Waals surface area contributed by atoms with E-state index in [1.807, 2.05) is 6.07 Å². The number of pyridine rings is 1. The number of rotatable bonds is 3. The van der Waals surface area contributed by atoms with E-state index in [1.165, 1.54) is 23.6 Å². The van der Waals surface area contributed by atoms with Crippen LogP contribution in [0.3, 0.4) is 0 Å². The van der Waals surface area contributed by atoms with Crippen molar-refractivity contribution in [3.63, 3.8) is 0 Å². The molecule has 2 aromatic rings. The Morgan fingerprint density at radius 2 is 2.11 bits per heavy atom. The molecule has 2 heterocycles. The second-order valence-electron chi connectivity index (χ2n) is 3.86. The zero-order valence-electron chi connectivity index (χ0n) is 9.86. The molecule has 0 atom stereocenters. The maximum Gasteiger partial charge on any atom is 0.255 e. The predicted molar refractivity (Wildman–Crippen MR) is 79.4 cm³/mol. The first-order chi connectivity index (χ1) is 8.97. The Hall–Kier alpha value is -0.810. The average molecular weight is 336 g/mol. The molecule has 0 aromatic carbocycles. The number of thiophene rings is 1. The van der Waals surface area contributed by atoms with Crippen LogP contribution in [0.5, 0.6) is 0 Å². The SMILES string of the molecule is CN(Cc1ccc(Cl)s1)C(=O)c1cnc(Cl)c(Cl)c1. The van der Waals surface area contributed by atoms with Crippen LogP contribution in [-0.2, 0) is 6.54 Å². The van der Waals surface area contributed by atoms with Crippen LogP contribution >= 0.6 is 46.1 Å². The molecule has 0 saturated heterocycles. The Kier molecular flexibility index (Phi) is 4.68. The molecule has 0 spiro atoms. The average Bonchev–Trinajstić information content (AvgIpc) is 2.77. The highest BCUT2D eigenvalue weighted by atomic mass is 35.5. The lowest BCUT2D eigenvalue weighted by Crippen LogP contribution is -2.25. The van der Waals surface area contributed by atoms with Crippen LogP contribution in [0.15, 0.2) is 24.4 Å². The van der Waals surface area contributed by atoms with E-state index in [-0.39, 0.29) is 16.1 Å². The lowest BCUT2D eigenvalue weighted by Gasteiger charge is -2.16. The van der Waals surface area contributed by atoms with Crippen LogP contribution in [0.25, 0.3) is 0 Å². The Morgan fingerprint density at radius 1 is 1.37 bits per heavy atom. The van der Waals surface area contributed by atoms with Crippen molar-refractivity contribution in [3.8, 4) is 0 Å². The molecule has 19 heavy (non-hydrogen) atoms. The van der Waals surface area contributed by atoms with Gasteiger partial charge in [-0.2, -0.15) is 0 Å². The van der Waals surface area contributed by atoms with Crippen molar-refractivity contribution in [2.75, 3.05) is 7.05 Å². The van der Waals surface area contributed by atoms with Gasteiger partial charge in [-0.05, 0) is 18.2 Å². The van der Waals surface area contributed by atoms with Crippen LogP contribution in [0.2, 0.25) is 14.5 Å². The molecule has 0 N–H and O–H groups in total. The smallest absolute Gasteiger partial charge is 0.255 e. The van der Waals surface area contributed by atoms with Gasteiger partial charge in [0, 0.05) is 18.1 Å². The third-order valence-corrected chi connectivity index (χ3v) is 4.31. The molecule has 0 saturated carbocycles. The first kappa shape index (κ1) is 14.6. The summed E-state index contributed by atoms with van der Waals surface area (Å²) >= 11 is 18.9. The molecule has 0 aliphatic carbocycles. The molecule has 0 bridgehead atoms. The van der Waals surface area contributed by atoms with Crippen molar-refractivity contribution < 1.29 is 4.79 Å². The number of nitrogens with zero attached hydrogens (tertiary/aromatic N) is 2. The van der Waals surface area contributed by atoms with E-state index >= 15 is 0 Å². The lowest BCUT2D eigenvalue weighted by atomic mass is 10.2. The minimum atomic E-state index is -0.171. The van der Waals surface area contributed by atoms with Gasteiger partial charge in [-0.3, -0.25) is 4.79 Å². The summed E-state index contributed by atoms with van der Waals surface area (Å²) in [6, 6.07) is 5.21. The van der Waals surface area contributed by atoms with Crippen LogP contribution in [0.1, 0.15) is 15.2 Å². The Bertz CT molecular complexity index is 615. The third kappa shape index (κ3) is 3.60. The van der Waals surface area contributed by atoms with Gasteiger partial charge in [-0.15, -0.1) is 11.3 Å². The van der Waals surface area contributed by atoms with E-state index in [0.29, 0.717) is 16.4 Å². The molecule has 3 nitrogen and oxygen atoms in total. The molecular formula is C12H9Cl3N2OS. The van der Waals surface area contributed by atoms with Crippen LogP contribution in [0.4, 0.5) is 0 Å². The van der Waals surface area contributed by atoms with Gasteiger partial charge in [0.25, 0.3) is 5.91 Å². The number of halogens is 3. The van der Waals surface area contributed by atoms with Gasteiger partial charge in [0.05, 0.1) is 21.5 Å². The van der Waals surface area contributed by atoms with E-state index in [9.17, 15) is 4.79 Å². The first-order valence-electron chi connectivity index (χ1n) is 5.28. The zero-order valence-corrected chi connectivity index (χ0v) is 12.9. The molecule has 2 rings (SSSR count). The maximum atomic E-state index is 12.2. The van der Waals surface area contributed by atoms with E-state index < -0.39 is 0 Å². The van der Waals surface area contributed by atoms with Crippen LogP contribution in [0, 0.1) is 0 Å². The van der Waals surface area contributed by atoms with Crippen LogP contribution < -0.4 is 0 Å². The third-order valence-electron chi connectivity index (χ3n) is 2.41. The molecule has 0 radical (unpaired) electrons. The van der Waals surface area contributed by atoms with Crippen LogP contribution in [-0.4, -0.2) is 22.8 Å². The number of amides is 1. The Balaban J connectivity index is 2.12. The van der Waals surface area contributed by atoms with Gasteiger partial charge in [0.2, 0.25) is 0 Å². The van der Waals surface area contributed by atoms with E-state index in [0.717, 1.165) is 4.88 Å². The minimum Gasteiger partial charge on any atom is -0.337 e. The fourth-order valence-corrected chi connectivity index (χ4v) is 2.91. The van der Waals surface area contributed by atoms with Crippen molar-refractivity contribution in [3.05, 3.63) is 49.3 Å². The van der Waals surface area contributed by atoms with Gasteiger partial charge >= 0.3 is 0 Å². The normalized spacial score (nSPS) is 10.5. The van der Waals surface area contributed by atoms with E-state index in [4.69, 9.17) is 34.8 Å². The highest BCUT2D eigenvalue weighted by Crippen LogP contribution is 2.24. The fraction of sp³-hybridized carbons (Fsp3) is 0.167. The number of hydrogen-bond acceptors (Lipinski definition) is 3. The molecular weight excluding hydrogens is 327 g/mol. The Labute approximate surface area is 129 Å². The van der Waals surface area contributed by atoms with Crippen molar-refractivity contribution in [1.29, 1.82) is 0 Å². The summed E-state index contributed by atoms with van der Waals surface area (Å²) in [4.78, 5) is 18.6. The molecule has 1 amide bonds. The summed E-state index contributed by atoms with van der Waals surface area (Å²) in [5.41, 5.74) is 0.402. The van der Waals surface area contributed by atoms with Gasteiger partial charge in [0.15, 0.2) is 0 Å². The summed E-state index contributed by atoms with van der Waals surface area (Å²) < 4.78 is 0.701. The van der Waals surface area contributed by atoms with Gasteiger partial charge < -0.3 is 4.90 Å². The van der Waals surface area contributed by atoms with Gasteiger partial charge in [-0.1, -0.05) is 34.8 Å². The highest BCUT2D eigenvalue weighted by Gasteiger charge is 2.14. The summed E-state index contributed by atoms with van der Waals surface area (Å²) in [5.74, 6) is -0.171. The van der Waals surface area contributed by atoms with Crippen molar-refractivity contribution in [1.82, 2.24) is 9.88 Å². The molecule has 2 aromatic heterocycles. The Morgan fingerprint density at radius 3 is 2.68 bits per heavy atom. The number of carbonyl (C=O) groups excluding carboxylic acids is 1. The second-order valence-corrected chi connectivity index (χ2v) is 6.43. The monoisotopic (exact) mass is 334 g/mol. The largest absolute Gasteiger partial charge is 0.337 e. The summed E-state index contributed by atoms with van der Waals surface area (Å²) in [6.45, 7) is 0.483. The molecule has 100 valence electrons.